The average molecular weight is 534 g/mol. The van der Waals surface area contributed by atoms with Crippen LogP contribution in [0.25, 0.3) is 33.6 Å². The van der Waals surface area contributed by atoms with Crippen LogP contribution in [-0.2, 0) is 6.42 Å². The molecule has 6 N–H and O–H groups in total. The van der Waals surface area contributed by atoms with Crippen LogP contribution in [0.4, 0.5) is 16.3 Å². The summed E-state index contributed by atoms with van der Waals surface area (Å²) >= 11 is 0. The van der Waals surface area contributed by atoms with E-state index in [1.165, 1.54) is 6.33 Å². The van der Waals surface area contributed by atoms with Gasteiger partial charge >= 0.3 is 6.03 Å². The summed E-state index contributed by atoms with van der Waals surface area (Å²) in [4.78, 5) is 21.1. The van der Waals surface area contributed by atoms with Gasteiger partial charge in [-0.2, -0.15) is 5.10 Å². The van der Waals surface area contributed by atoms with Crippen molar-refractivity contribution in [2.24, 2.45) is 16.0 Å². The van der Waals surface area contributed by atoms with Crippen LogP contribution in [0.2, 0.25) is 0 Å². The highest BCUT2D eigenvalue weighted by Gasteiger charge is 2.21. The zero-order valence-electron chi connectivity index (χ0n) is 21.5. The molecule has 0 atom stereocenters. The van der Waals surface area contributed by atoms with Crippen molar-refractivity contribution in [3.8, 4) is 22.5 Å². The van der Waals surface area contributed by atoms with E-state index in [0.717, 1.165) is 39.8 Å². The number of fused-ring (bicyclic) bond motifs is 1. The molecular formula is C29H27N9O2. The van der Waals surface area contributed by atoms with Gasteiger partial charge in [-0.25, -0.2) is 20.2 Å². The molecule has 0 unspecified atom stereocenters. The molecule has 2 amide bonds. The normalized spacial score (nSPS) is 11.2. The molecule has 40 heavy (non-hydrogen) atoms. The number of guanidine groups is 1. The van der Waals surface area contributed by atoms with Gasteiger partial charge < -0.3 is 20.9 Å². The third-order valence-corrected chi connectivity index (χ3v) is 6.05. The van der Waals surface area contributed by atoms with E-state index in [-0.39, 0.29) is 5.96 Å². The fraction of sp³-hybridized carbons (Fsp3) is 0.0690. The minimum absolute atomic E-state index is 0.0297. The Hall–Kier alpha value is -5.71. The summed E-state index contributed by atoms with van der Waals surface area (Å²) in [7, 11) is 0. The number of amides is 2. The number of furan rings is 1. The Balaban J connectivity index is 1.31. The highest BCUT2D eigenvalue weighted by atomic mass is 16.3. The fourth-order valence-electron chi connectivity index (χ4n) is 4.25. The van der Waals surface area contributed by atoms with Gasteiger partial charge in [-0.15, -0.1) is 5.10 Å². The number of nitrogens with one attached hydrogen (secondary N) is 4. The van der Waals surface area contributed by atoms with Crippen molar-refractivity contribution in [3.05, 3.63) is 96.8 Å². The molecule has 0 saturated carbocycles. The van der Waals surface area contributed by atoms with E-state index in [9.17, 15) is 4.79 Å². The van der Waals surface area contributed by atoms with Gasteiger partial charge in [0.05, 0.1) is 5.39 Å². The number of aromatic nitrogens is 2. The predicted molar refractivity (Wildman–Crippen MR) is 158 cm³/mol. The molecule has 0 bridgehead atoms. The van der Waals surface area contributed by atoms with Crippen molar-refractivity contribution in [2.45, 2.75) is 6.42 Å². The number of nitrogens with two attached hydrogens (primary N) is 1. The molecule has 0 radical (unpaired) electrons. The third kappa shape index (κ3) is 5.89. The highest BCUT2D eigenvalue weighted by molar-refractivity contribution is 6.06. The maximum absolute atomic E-state index is 12.1. The van der Waals surface area contributed by atoms with E-state index in [1.807, 2.05) is 72.8 Å². The van der Waals surface area contributed by atoms with Crippen molar-refractivity contribution in [1.82, 2.24) is 20.7 Å². The number of carbonyl (C=O) groups is 1. The molecule has 0 aliphatic rings. The minimum atomic E-state index is -0.522. The first-order valence-electron chi connectivity index (χ1n) is 12.4. The maximum Gasteiger partial charge on any atom is 0.326 e. The Bertz CT molecular complexity index is 1630. The second kappa shape index (κ2) is 12.2. The molecule has 5 rings (SSSR count). The van der Waals surface area contributed by atoms with E-state index in [4.69, 9.17) is 10.3 Å². The Labute approximate surface area is 230 Å². The summed E-state index contributed by atoms with van der Waals surface area (Å²) < 4.78 is 6.28. The smallest absolute Gasteiger partial charge is 0.326 e. The lowest BCUT2D eigenvalue weighted by Crippen LogP contribution is -2.41. The Morgan fingerprint density at radius 2 is 1.62 bits per heavy atom. The van der Waals surface area contributed by atoms with Crippen LogP contribution in [0, 0.1) is 0 Å². The Morgan fingerprint density at radius 1 is 0.925 bits per heavy atom. The number of anilines is 2. The van der Waals surface area contributed by atoms with E-state index >= 15 is 0 Å². The van der Waals surface area contributed by atoms with Gasteiger partial charge in [0.1, 0.15) is 17.9 Å². The van der Waals surface area contributed by atoms with Gasteiger partial charge in [0.2, 0.25) is 11.7 Å². The molecule has 0 aliphatic carbocycles. The monoisotopic (exact) mass is 533 g/mol. The SMILES string of the molecule is C=NN/C(=N\N)NC(=O)Nc1ccc(CCNc2ncnc3oc(-c4ccccc4)c(-c4ccccc4)c23)cc1. The number of hydrogen-bond donors (Lipinski definition) is 5. The molecule has 0 fully saturated rings. The van der Waals surface area contributed by atoms with E-state index in [0.29, 0.717) is 23.8 Å². The number of urea groups is 1. The second-order valence-electron chi connectivity index (χ2n) is 8.64. The van der Waals surface area contributed by atoms with E-state index in [2.05, 4.69) is 60.4 Å². The van der Waals surface area contributed by atoms with Crippen molar-refractivity contribution in [1.29, 1.82) is 0 Å². The van der Waals surface area contributed by atoms with Crippen LogP contribution in [-0.4, -0.2) is 35.2 Å². The van der Waals surface area contributed by atoms with Gasteiger partial charge in [0.15, 0.2) is 0 Å². The molecular weight excluding hydrogens is 506 g/mol. The van der Waals surface area contributed by atoms with Crippen LogP contribution in [0.15, 0.2) is 106 Å². The van der Waals surface area contributed by atoms with E-state index in [1.54, 1.807) is 0 Å². The molecule has 0 spiro atoms. The molecule has 11 nitrogen and oxygen atoms in total. The van der Waals surface area contributed by atoms with Crippen LogP contribution in [0.3, 0.4) is 0 Å². The Kier molecular flexibility index (Phi) is 7.92. The number of hydrazone groups is 2. The highest BCUT2D eigenvalue weighted by Crippen LogP contribution is 2.42. The molecule has 200 valence electrons. The average Bonchev–Trinajstić information content (AvgIpc) is 3.39. The Morgan fingerprint density at radius 3 is 2.30 bits per heavy atom. The van der Waals surface area contributed by atoms with Crippen molar-refractivity contribution >= 4 is 41.3 Å². The van der Waals surface area contributed by atoms with E-state index < -0.39 is 6.03 Å². The van der Waals surface area contributed by atoms with Gasteiger partial charge in [-0.05, 0) is 29.7 Å². The number of benzene rings is 3. The van der Waals surface area contributed by atoms with Crippen LogP contribution < -0.4 is 27.2 Å². The summed E-state index contributed by atoms with van der Waals surface area (Å²) in [5.41, 5.74) is 7.50. The predicted octanol–water partition coefficient (Wildman–Crippen LogP) is 4.77. The lowest BCUT2D eigenvalue weighted by Gasteiger charge is -2.10. The molecule has 0 saturated heterocycles. The summed E-state index contributed by atoms with van der Waals surface area (Å²) in [6.45, 7) is 3.87. The van der Waals surface area contributed by atoms with Crippen molar-refractivity contribution in [2.75, 3.05) is 17.2 Å². The molecule has 2 heterocycles. The zero-order chi connectivity index (χ0) is 27.7. The molecule has 0 aliphatic heterocycles. The third-order valence-electron chi connectivity index (χ3n) is 6.05. The summed E-state index contributed by atoms with van der Waals surface area (Å²) in [5.74, 6) is 6.60. The quantitative estimate of drug-likeness (QED) is 0.0833. The summed E-state index contributed by atoms with van der Waals surface area (Å²) in [6.07, 6.45) is 2.23. The number of carbonyl (C=O) groups excluding carboxylic acids is 1. The second-order valence-corrected chi connectivity index (χ2v) is 8.64. The standard InChI is InChI=1S/C29H27N9O2/c1-31-38-28(37-30)36-29(39)35-22-14-12-19(13-15-22)16-17-32-26-24-23(20-8-4-2-5-9-20)25(21-10-6-3-7-11-21)40-27(24)34-18-33-26/h2-15,18H,1,16-17,30H2,(H,32,33,34)(H3,35,36,37,38,39). The molecule has 2 aromatic heterocycles. The number of rotatable bonds is 8. The van der Waals surface area contributed by atoms with Crippen LogP contribution >= 0.6 is 0 Å². The number of hydrogen-bond acceptors (Lipinski definition) is 8. The lowest BCUT2D eigenvalue weighted by molar-refractivity contribution is 0.256. The first-order chi connectivity index (χ1) is 19.7. The van der Waals surface area contributed by atoms with Crippen LogP contribution in [0.5, 0.6) is 0 Å². The van der Waals surface area contributed by atoms with Crippen molar-refractivity contribution < 1.29 is 9.21 Å². The minimum Gasteiger partial charge on any atom is -0.437 e. The van der Waals surface area contributed by atoms with Crippen molar-refractivity contribution in [3.63, 3.8) is 0 Å². The first kappa shape index (κ1) is 25.9. The summed E-state index contributed by atoms with van der Waals surface area (Å²) in [6, 6.07) is 27.1. The zero-order valence-corrected chi connectivity index (χ0v) is 21.5. The summed E-state index contributed by atoms with van der Waals surface area (Å²) in [5, 5.41) is 16.2. The van der Waals surface area contributed by atoms with Crippen LogP contribution in [0.1, 0.15) is 5.56 Å². The van der Waals surface area contributed by atoms with Gasteiger partial charge in [-0.1, -0.05) is 72.8 Å². The largest absolute Gasteiger partial charge is 0.437 e. The van der Waals surface area contributed by atoms with Gasteiger partial charge in [-0.3, -0.25) is 5.32 Å². The lowest BCUT2D eigenvalue weighted by atomic mass is 9.99. The number of nitrogens with zero attached hydrogens (tertiary/aromatic N) is 4. The van der Waals surface area contributed by atoms with Gasteiger partial charge in [0, 0.05) is 30.1 Å². The topological polar surface area (TPSA) is 155 Å². The molecule has 5 aromatic rings. The molecule has 11 heteroatoms. The fourth-order valence-corrected chi connectivity index (χ4v) is 4.25. The first-order valence-corrected chi connectivity index (χ1v) is 12.4. The maximum atomic E-state index is 12.1. The van der Waals surface area contributed by atoms with Gasteiger partial charge in [0.25, 0.3) is 0 Å². The molecule has 3 aromatic carbocycles.